The van der Waals surface area contributed by atoms with E-state index >= 15 is 0 Å². The molecule has 0 amide bonds. The molecule has 2 fully saturated rings. The second-order valence-electron chi connectivity index (χ2n) is 6.47. The molecule has 0 radical (unpaired) electrons. The average molecular weight is 285 g/mol. The van der Waals surface area contributed by atoms with Crippen molar-refractivity contribution in [3.05, 3.63) is 0 Å². The Morgan fingerprint density at radius 2 is 1.85 bits per heavy atom. The number of nitrogens with zero attached hydrogens (tertiary/aromatic N) is 1. The van der Waals surface area contributed by atoms with Crippen LogP contribution in [0.25, 0.3) is 0 Å². The lowest BCUT2D eigenvalue weighted by Gasteiger charge is -2.44. The summed E-state index contributed by atoms with van der Waals surface area (Å²) in [4.78, 5) is 13.3. The summed E-state index contributed by atoms with van der Waals surface area (Å²) >= 11 is 0. The van der Waals surface area contributed by atoms with Crippen LogP contribution in [-0.4, -0.2) is 57.5 Å². The highest BCUT2D eigenvalue weighted by atomic mass is 16.4. The van der Waals surface area contributed by atoms with Gasteiger partial charge in [0.1, 0.15) is 0 Å². The van der Waals surface area contributed by atoms with E-state index in [0.717, 1.165) is 13.0 Å². The number of carbonyl (C=O) groups is 1. The Labute approximate surface area is 120 Å². The van der Waals surface area contributed by atoms with Gasteiger partial charge in [-0.1, -0.05) is 6.42 Å². The number of rotatable bonds is 7. The van der Waals surface area contributed by atoms with Crippen LogP contribution in [0.1, 0.15) is 51.4 Å². The van der Waals surface area contributed by atoms with Crippen LogP contribution in [0.15, 0.2) is 0 Å². The Balaban J connectivity index is 1.87. The first-order valence-electron chi connectivity index (χ1n) is 7.84. The van der Waals surface area contributed by atoms with E-state index in [4.69, 9.17) is 10.2 Å². The topological polar surface area (TPSA) is 81.0 Å². The van der Waals surface area contributed by atoms with Gasteiger partial charge in [0.2, 0.25) is 0 Å². The van der Waals surface area contributed by atoms with Crippen LogP contribution in [0.2, 0.25) is 0 Å². The number of aliphatic hydroxyl groups excluding tert-OH is 1. The minimum absolute atomic E-state index is 0.183. The Morgan fingerprint density at radius 1 is 1.20 bits per heavy atom. The number of carboxylic acid groups (broad SMARTS) is 1. The maximum Gasteiger partial charge on any atom is 0.306 e. The molecule has 0 aliphatic heterocycles. The molecule has 0 bridgehead atoms. The lowest BCUT2D eigenvalue weighted by molar-refractivity contribution is -0.145. The van der Waals surface area contributed by atoms with Crippen LogP contribution in [0.4, 0.5) is 0 Å². The number of aliphatic hydroxyl groups is 2. The second-order valence-corrected chi connectivity index (χ2v) is 6.47. The van der Waals surface area contributed by atoms with Gasteiger partial charge >= 0.3 is 5.97 Å². The molecule has 0 saturated heterocycles. The Morgan fingerprint density at radius 3 is 2.30 bits per heavy atom. The number of hydrogen-bond acceptors (Lipinski definition) is 4. The molecule has 0 aromatic carbocycles. The molecule has 0 unspecified atom stereocenters. The first kappa shape index (κ1) is 15.7. The molecule has 2 saturated carbocycles. The van der Waals surface area contributed by atoms with Gasteiger partial charge in [-0.3, -0.25) is 9.69 Å². The van der Waals surface area contributed by atoms with E-state index < -0.39 is 11.6 Å². The van der Waals surface area contributed by atoms with Gasteiger partial charge in [-0.15, -0.1) is 0 Å². The summed E-state index contributed by atoms with van der Waals surface area (Å²) in [6.45, 7) is 1.64. The van der Waals surface area contributed by atoms with Crippen molar-refractivity contribution in [2.45, 2.75) is 63.0 Å². The highest BCUT2D eigenvalue weighted by molar-refractivity contribution is 5.70. The van der Waals surface area contributed by atoms with Gasteiger partial charge in [0, 0.05) is 25.7 Å². The molecule has 0 heterocycles. The van der Waals surface area contributed by atoms with Crippen LogP contribution in [-0.2, 0) is 4.79 Å². The van der Waals surface area contributed by atoms with E-state index in [-0.39, 0.29) is 12.5 Å². The third-order valence-corrected chi connectivity index (χ3v) is 4.96. The van der Waals surface area contributed by atoms with Crippen molar-refractivity contribution in [1.29, 1.82) is 0 Å². The first-order chi connectivity index (χ1) is 9.54. The maximum atomic E-state index is 11.0. The molecule has 5 nitrogen and oxygen atoms in total. The maximum absolute atomic E-state index is 11.0. The summed E-state index contributed by atoms with van der Waals surface area (Å²) in [6, 6.07) is 0.544. The third kappa shape index (κ3) is 3.93. The van der Waals surface area contributed by atoms with E-state index in [1.54, 1.807) is 0 Å². The van der Waals surface area contributed by atoms with E-state index in [0.29, 0.717) is 38.3 Å². The molecule has 5 heteroatoms. The van der Waals surface area contributed by atoms with Crippen LogP contribution in [0.5, 0.6) is 0 Å². The zero-order valence-corrected chi connectivity index (χ0v) is 12.1. The average Bonchev–Trinajstić information content (AvgIpc) is 2.34. The summed E-state index contributed by atoms with van der Waals surface area (Å²) in [7, 11) is 0. The summed E-state index contributed by atoms with van der Waals surface area (Å²) in [6.07, 6.45) is 6.65. The summed E-state index contributed by atoms with van der Waals surface area (Å²) in [5.41, 5.74) is -0.739. The molecule has 2 aliphatic carbocycles. The number of aliphatic carboxylic acids is 1. The molecular formula is C15H27NO4. The van der Waals surface area contributed by atoms with E-state index in [1.807, 2.05) is 0 Å². The van der Waals surface area contributed by atoms with Crippen molar-refractivity contribution in [2.24, 2.45) is 5.92 Å². The Hall–Kier alpha value is -0.650. The fraction of sp³-hybridized carbons (Fsp3) is 0.933. The van der Waals surface area contributed by atoms with Gasteiger partial charge < -0.3 is 15.3 Å². The highest BCUT2D eigenvalue weighted by Crippen LogP contribution is 2.35. The second kappa shape index (κ2) is 6.87. The predicted octanol–water partition coefficient (Wildman–Crippen LogP) is 1.23. The monoisotopic (exact) mass is 285 g/mol. The van der Waals surface area contributed by atoms with E-state index in [2.05, 4.69) is 4.90 Å². The molecule has 0 aromatic heterocycles. The Kier molecular flexibility index (Phi) is 5.41. The molecule has 0 atom stereocenters. The zero-order valence-electron chi connectivity index (χ0n) is 12.1. The molecule has 3 N–H and O–H groups in total. The molecule has 0 spiro atoms. The quantitative estimate of drug-likeness (QED) is 0.655. The van der Waals surface area contributed by atoms with Crippen molar-refractivity contribution >= 4 is 5.97 Å². The highest BCUT2D eigenvalue weighted by Gasteiger charge is 2.38. The van der Waals surface area contributed by atoms with E-state index in [9.17, 15) is 9.90 Å². The van der Waals surface area contributed by atoms with Gasteiger partial charge in [0.05, 0.1) is 11.5 Å². The summed E-state index contributed by atoms with van der Waals surface area (Å²) in [5.74, 6) is -1.02. The molecule has 0 aromatic rings. The lowest BCUT2D eigenvalue weighted by atomic mass is 9.78. The molecule has 2 aliphatic rings. The standard InChI is InChI=1S/C15H27NO4/c17-10-2-9-16(13-3-1-4-13)11-15(20)7-5-12(6-8-15)14(18)19/h12-13,17,20H,1-11H2,(H,18,19). The van der Waals surface area contributed by atoms with Crippen molar-refractivity contribution in [1.82, 2.24) is 4.90 Å². The fourth-order valence-electron chi connectivity index (χ4n) is 3.35. The van der Waals surface area contributed by atoms with E-state index in [1.165, 1.54) is 19.3 Å². The predicted molar refractivity (Wildman–Crippen MR) is 75.5 cm³/mol. The minimum atomic E-state index is -0.739. The van der Waals surface area contributed by atoms with Crippen molar-refractivity contribution in [3.63, 3.8) is 0 Å². The van der Waals surface area contributed by atoms with Crippen LogP contribution in [0.3, 0.4) is 0 Å². The van der Waals surface area contributed by atoms with Crippen LogP contribution < -0.4 is 0 Å². The third-order valence-electron chi connectivity index (χ3n) is 4.96. The lowest BCUT2D eigenvalue weighted by Crippen LogP contribution is -2.51. The van der Waals surface area contributed by atoms with Crippen molar-refractivity contribution < 1.29 is 20.1 Å². The summed E-state index contributed by atoms with van der Waals surface area (Å²) in [5, 5.41) is 28.7. The normalized spacial score (nSPS) is 31.2. The first-order valence-corrected chi connectivity index (χ1v) is 7.84. The fourth-order valence-corrected chi connectivity index (χ4v) is 3.35. The van der Waals surface area contributed by atoms with Gasteiger partial charge in [0.25, 0.3) is 0 Å². The molecule has 116 valence electrons. The molecular weight excluding hydrogens is 258 g/mol. The van der Waals surface area contributed by atoms with Crippen LogP contribution >= 0.6 is 0 Å². The molecule has 20 heavy (non-hydrogen) atoms. The molecule has 2 rings (SSSR count). The van der Waals surface area contributed by atoms with Crippen LogP contribution in [0, 0.1) is 5.92 Å². The van der Waals surface area contributed by atoms with Gasteiger partial charge in [-0.25, -0.2) is 0 Å². The number of hydrogen-bond donors (Lipinski definition) is 3. The van der Waals surface area contributed by atoms with Crippen molar-refractivity contribution in [2.75, 3.05) is 19.7 Å². The van der Waals surface area contributed by atoms with Gasteiger partial charge in [0.15, 0.2) is 0 Å². The zero-order chi connectivity index (χ0) is 14.6. The smallest absolute Gasteiger partial charge is 0.306 e. The van der Waals surface area contributed by atoms with Crippen molar-refractivity contribution in [3.8, 4) is 0 Å². The van der Waals surface area contributed by atoms with Gasteiger partial charge in [-0.2, -0.15) is 0 Å². The minimum Gasteiger partial charge on any atom is -0.481 e. The largest absolute Gasteiger partial charge is 0.481 e. The SMILES string of the molecule is O=C(O)C1CCC(O)(CN(CCCO)C2CCC2)CC1. The number of carboxylic acids is 1. The van der Waals surface area contributed by atoms with Gasteiger partial charge in [-0.05, 0) is 44.9 Å². The Bertz CT molecular complexity index is 322. The summed E-state index contributed by atoms with van der Waals surface area (Å²) < 4.78 is 0.